The minimum absolute atomic E-state index is 0.752. The van der Waals surface area contributed by atoms with Gasteiger partial charge in [0.25, 0.3) is 0 Å². The van der Waals surface area contributed by atoms with E-state index in [1.165, 1.54) is 23.1 Å². The fraction of sp³-hybridized carbons (Fsp3) is 0.500. The number of aryl methyl sites for hydroxylation is 2. The zero-order valence-corrected chi connectivity index (χ0v) is 8.38. The molecule has 1 aromatic carbocycles. The summed E-state index contributed by atoms with van der Waals surface area (Å²) in [6.07, 6.45) is 1.29. The molecule has 0 aromatic heterocycles. The van der Waals surface area contributed by atoms with Gasteiger partial charge in [-0.1, -0.05) is 18.2 Å². The van der Waals surface area contributed by atoms with E-state index in [0.717, 1.165) is 18.4 Å². The molecule has 13 heavy (non-hydrogen) atoms. The quantitative estimate of drug-likeness (QED) is 0.733. The van der Waals surface area contributed by atoms with E-state index in [2.05, 4.69) is 32.0 Å². The first-order chi connectivity index (χ1) is 6.22. The molecule has 1 heteroatoms. The summed E-state index contributed by atoms with van der Waals surface area (Å²) in [5, 5.41) is 0. The molecule has 1 fully saturated rings. The van der Waals surface area contributed by atoms with Crippen LogP contribution in [0.4, 0.5) is 0 Å². The first kappa shape index (κ1) is 8.76. The Morgan fingerprint density at radius 3 is 2.62 bits per heavy atom. The van der Waals surface area contributed by atoms with Crippen LogP contribution in [0.15, 0.2) is 18.2 Å². The van der Waals surface area contributed by atoms with Crippen molar-refractivity contribution >= 4 is 0 Å². The second-order valence-electron chi connectivity index (χ2n) is 4.18. The fourth-order valence-corrected chi connectivity index (χ4v) is 1.91. The summed E-state index contributed by atoms with van der Waals surface area (Å²) in [7, 11) is 0. The second kappa shape index (κ2) is 3.15. The topological polar surface area (TPSA) is 26.0 Å². The molecule has 1 saturated carbocycles. The maximum absolute atomic E-state index is 5.63. The van der Waals surface area contributed by atoms with E-state index in [1.807, 2.05) is 0 Å². The number of rotatable bonds is 2. The lowest BCUT2D eigenvalue weighted by atomic mass is 10.0. The SMILES string of the molecule is Cc1ccc([C@@H]2C[C@@H]2CN)cc1C. The molecule has 1 nitrogen and oxygen atoms in total. The van der Waals surface area contributed by atoms with Gasteiger partial charge in [0.2, 0.25) is 0 Å². The highest BCUT2D eigenvalue weighted by Gasteiger charge is 2.36. The van der Waals surface area contributed by atoms with Crippen molar-refractivity contribution in [2.45, 2.75) is 26.2 Å². The van der Waals surface area contributed by atoms with Gasteiger partial charge in [0.15, 0.2) is 0 Å². The fourth-order valence-electron chi connectivity index (χ4n) is 1.91. The van der Waals surface area contributed by atoms with Gasteiger partial charge in [-0.3, -0.25) is 0 Å². The normalized spacial score (nSPS) is 26.1. The predicted molar refractivity (Wildman–Crippen MR) is 55.8 cm³/mol. The van der Waals surface area contributed by atoms with Gasteiger partial charge < -0.3 is 5.73 Å². The molecule has 0 spiro atoms. The summed E-state index contributed by atoms with van der Waals surface area (Å²) in [6, 6.07) is 6.79. The summed E-state index contributed by atoms with van der Waals surface area (Å²) < 4.78 is 0. The van der Waals surface area contributed by atoms with Gasteiger partial charge in [-0.25, -0.2) is 0 Å². The van der Waals surface area contributed by atoms with E-state index in [1.54, 1.807) is 0 Å². The van der Waals surface area contributed by atoms with Crippen LogP contribution in [0.2, 0.25) is 0 Å². The molecule has 1 aliphatic rings. The summed E-state index contributed by atoms with van der Waals surface area (Å²) in [6.45, 7) is 5.18. The van der Waals surface area contributed by atoms with E-state index < -0.39 is 0 Å². The van der Waals surface area contributed by atoms with Gasteiger partial charge in [0.1, 0.15) is 0 Å². The zero-order valence-electron chi connectivity index (χ0n) is 8.38. The van der Waals surface area contributed by atoms with Crippen LogP contribution in [0, 0.1) is 19.8 Å². The third-order valence-electron chi connectivity index (χ3n) is 3.18. The number of benzene rings is 1. The molecule has 0 amide bonds. The maximum Gasteiger partial charge on any atom is -0.00428 e. The lowest BCUT2D eigenvalue weighted by Crippen LogP contribution is -2.02. The molecular formula is C12H17N. The first-order valence-electron chi connectivity index (χ1n) is 4.99. The summed E-state index contributed by atoms with van der Waals surface area (Å²) in [4.78, 5) is 0. The molecule has 0 radical (unpaired) electrons. The van der Waals surface area contributed by atoms with Crippen LogP contribution in [0.3, 0.4) is 0 Å². The number of nitrogens with two attached hydrogens (primary N) is 1. The molecule has 0 saturated heterocycles. The minimum atomic E-state index is 0.752. The first-order valence-corrected chi connectivity index (χ1v) is 4.99. The molecule has 2 N–H and O–H groups in total. The molecular weight excluding hydrogens is 158 g/mol. The molecule has 1 aliphatic carbocycles. The van der Waals surface area contributed by atoms with E-state index >= 15 is 0 Å². The standard InChI is InChI=1S/C12H17N/c1-8-3-4-10(5-9(8)2)12-6-11(12)7-13/h3-5,11-12H,6-7,13H2,1-2H3/t11-,12+/m1/s1. The Morgan fingerprint density at radius 2 is 2.08 bits per heavy atom. The third-order valence-corrected chi connectivity index (χ3v) is 3.18. The van der Waals surface area contributed by atoms with Crippen molar-refractivity contribution in [2.75, 3.05) is 6.54 Å². The van der Waals surface area contributed by atoms with Crippen molar-refractivity contribution in [3.8, 4) is 0 Å². The van der Waals surface area contributed by atoms with Crippen LogP contribution >= 0.6 is 0 Å². The number of hydrogen-bond donors (Lipinski definition) is 1. The predicted octanol–water partition coefficient (Wildman–Crippen LogP) is 2.37. The Hall–Kier alpha value is -0.820. The average molecular weight is 175 g/mol. The van der Waals surface area contributed by atoms with Crippen molar-refractivity contribution < 1.29 is 0 Å². The van der Waals surface area contributed by atoms with Crippen LogP contribution in [0.5, 0.6) is 0 Å². The van der Waals surface area contributed by atoms with Crippen LogP contribution in [-0.4, -0.2) is 6.54 Å². The smallest absolute Gasteiger partial charge is 0.00428 e. The average Bonchev–Trinajstić information content (AvgIpc) is 2.88. The van der Waals surface area contributed by atoms with Gasteiger partial charge in [-0.05, 0) is 55.3 Å². The molecule has 0 heterocycles. The highest BCUT2D eigenvalue weighted by molar-refractivity contribution is 5.34. The molecule has 0 unspecified atom stereocenters. The Morgan fingerprint density at radius 1 is 1.31 bits per heavy atom. The molecule has 2 rings (SSSR count). The van der Waals surface area contributed by atoms with Crippen LogP contribution in [0.25, 0.3) is 0 Å². The van der Waals surface area contributed by atoms with E-state index in [9.17, 15) is 0 Å². The Bertz CT molecular complexity index is 317. The van der Waals surface area contributed by atoms with E-state index in [0.29, 0.717) is 0 Å². The molecule has 70 valence electrons. The zero-order chi connectivity index (χ0) is 9.42. The van der Waals surface area contributed by atoms with Crippen molar-refractivity contribution in [3.63, 3.8) is 0 Å². The minimum Gasteiger partial charge on any atom is -0.330 e. The van der Waals surface area contributed by atoms with Crippen molar-refractivity contribution in [1.82, 2.24) is 0 Å². The second-order valence-corrected chi connectivity index (χ2v) is 4.18. The molecule has 0 aliphatic heterocycles. The molecule has 1 aromatic rings. The third kappa shape index (κ3) is 1.61. The Kier molecular flexibility index (Phi) is 2.12. The van der Waals surface area contributed by atoms with Crippen molar-refractivity contribution in [1.29, 1.82) is 0 Å². The van der Waals surface area contributed by atoms with E-state index in [-0.39, 0.29) is 0 Å². The molecule has 0 bridgehead atoms. The van der Waals surface area contributed by atoms with Gasteiger partial charge >= 0.3 is 0 Å². The van der Waals surface area contributed by atoms with Crippen molar-refractivity contribution in [3.05, 3.63) is 34.9 Å². The van der Waals surface area contributed by atoms with Crippen LogP contribution < -0.4 is 5.73 Å². The lowest BCUT2D eigenvalue weighted by Gasteiger charge is -2.03. The molecule has 2 atom stereocenters. The van der Waals surface area contributed by atoms with Gasteiger partial charge in [0, 0.05) is 0 Å². The lowest BCUT2D eigenvalue weighted by molar-refractivity contribution is 0.809. The Labute approximate surface area is 80.0 Å². The summed E-state index contributed by atoms with van der Waals surface area (Å²) in [5.41, 5.74) is 9.90. The largest absolute Gasteiger partial charge is 0.330 e. The monoisotopic (exact) mass is 175 g/mol. The number of hydrogen-bond acceptors (Lipinski definition) is 1. The Balaban J connectivity index is 2.19. The van der Waals surface area contributed by atoms with Crippen molar-refractivity contribution in [2.24, 2.45) is 11.7 Å². The maximum atomic E-state index is 5.63. The van der Waals surface area contributed by atoms with Gasteiger partial charge in [0.05, 0.1) is 0 Å². The van der Waals surface area contributed by atoms with Crippen LogP contribution in [0.1, 0.15) is 29.0 Å². The highest BCUT2D eigenvalue weighted by atomic mass is 14.6. The highest BCUT2D eigenvalue weighted by Crippen LogP contribution is 2.46. The van der Waals surface area contributed by atoms with Gasteiger partial charge in [-0.2, -0.15) is 0 Å². The van der Waals surface area contributed by atoms with Crippen LogP contribution in [-0.2, 0) is 0 Å². The van der Waals surface area contributed by atoms with Gasteiger partial charge in [-0.15, -0.1) is 0 Å². The van der Waals surface area contributed by atoms with E-state index in [4.69, 9.17) is 5.73 Å². The summed E-state index contributed by atoms with van der Waals surface area (Å²) in [5.74, 6) is 1.51. The summed E-state index contributed by atoms with van der Waals surface area (Å²) >= 11 is 0.